The number of imide groups is 1. The molecule has 6 nitrogen and oxygen atoms in total. The summed E-state index contributed by atoms with van der Waals surface area (Å²) in [5.41, 5.74) is 0. The number of rotatable bonds is 7. The van der Waals surface area contributed by atoms with E-state index in [0.29, 0.717) is 19.0 Å². The number of carbonyl (C=O) groups is 2. The maximum atomic E-state index is 12.6. The second-order valence-corrected chi connectivity index (χ2v) is 7.79. The van der Waals surface area contributed by atoms with E-state index in [2.05, 4.69) is 41.6 Å². The quantitative estimate of drug-likeness (QED) is 0.240. The fourth-order valence-electron chi connectivity index (χ4n) is 4.41. The highest BCUT2D eigenvalue weighted by molar-refractivity contribution is 6.06. The highest BCUT2D eigenvalue weighted by Gasteiger charge is 2.58. The van der Waals surface area contributed by atoms with Gasteiger partial charge in [0.2, 0.25) is 11.8 Å². The molecule has 4 atom stereocenters. The van der Waals surface area contributed by atoms with Gasteiger partial charge in [0.1, 0.15) is 0 Å². The number of carbonyl (C=O) groups excluding carboxylic acids is 2. The van der Waals surface area contributed by atoms with E-state index in [1.165, 1.54) is 11.3 Å². The van der Waals surface area contributed by atoms with Gasteiger partial charge in [0.25, 0.3) is 0 Å². The normalized spacial score (nSPS) is 30.6. The smallest absolute Gasteiger partial charge is 0.233 e. The lowest BCUT2D eigenvalue weighted by Gasteiger charge is -2.18. The topological polar surface area (TPSA) is 73.8 Å². The van der Waals surface area contributed by atoms with E-state index in [9.17, 15) is 9.59 Å². The number of allylic oxidation sites excluding steroid dienone is 2. The number of hydrogen-bond donors (Lipinski definition) is 2. The number of aliphatic imine (C=N–C) groups is 1. The van der Waals surface area contributed by atoms with Crippen LogP contribution in [0.1, 0.15) is 33.1 Å². The van der Waals surface area contributed by atoms with E-state index in [1.54, 1.807) is 7.05 Å². The Labute approximate surface area is 150 Å². The van der Waals surface area contributed by atoms with E-state index in [4.69, 9.17) is 0 Å². The zero-order valence-electron chi connectivity index (χ0n) is 15.5. The summed E-state index contributed by atoms with van der Waals surface area (Å²) in [6.45, 7) is 6.25. The lowest BCUT2D eigenvalue weighted by molar-refractivity contribution is -0.140. The first kappa shape index (κ1) is 18.0. The molecular weight excluding hydrogens is 316 g/mol. The van der Waals surface area contributed by atoms with Crippen LogP contribution in [0.2, 0.25) is 0 Å². The van der Waals surface area contributed by atoms with Gasteiger partial charge in [-0.2, -0.15) is 0 Å². The number of likely N-dealkylation sites (tertiary alicyclic amines) is 1. The molecule has 0 radical (unpaired) electrons. The van der Waals surface area contributed by atoms with Crippen LogP contribution in [-0.4, -0.2) is 49.4 Å². The third-order valence-electron chi connectivity index (χ3n) is 5.66. The molecular formula is C19H30N4O2. The van der Waals surface area contributed by atoms with Crippen molar-refractivity contribution in [3.05, 3.63) is 12.2 Å². The summed E-state index contributed by atoms with van der Waals surface area (Å²) in [7, 11) is 1.73. The van der Waals surface area contributed by atoms with Crippen LogP contribution in [0.4, 0.5) is 0 Å². The average molecular weight is 346 g/mol. The average Bonchev–Trinajstić information content (AvgIpc) is 3.25. The van der Waals surface area contributed by atoms with Gasteiger partial charge in [0.05, 0.1) is 11.8 Å². The largest absolute Gasteiger partial charge is 0.356 e. The molecule has 0 aromatic heterocycles. The number of nitrogens with zero attached hydrogens (tertiary/aromatic N) is 2. The number of hydrogen-bond acceptors (Lipinski definition) is 3. The SMILES string of the molecule is CN=C(NCCCC(C)C)NCCN1C(=O)C2C3C=CC(C3)C2C1=O. The van der Waals surface area contributed by atoms with Gasteiger partial charge in [-0.25, -0.2) is 0 Å². The molecule has 2 bridgehead atoms. The minimum atomic E-state index is -0.101. The fraction of sp³-hybridized carbons (Fsp3) is 0.737. The minimum absolute atomic E-state index is 0.0218. The summed E-state index contributed by atoms with van der Waals surface area (Å²) >= 11 is 0. The van der Waals surface area contributed by atoms with Gasteiger partial charge in [-0.3, -0.25) is 19.5 Å². The van der Waals surface area contributed by atoms with Crippen molar-refractivity contribution in [1.82, 2.24) is 15.5 Å². The van der Waals surface area contributed by atoms with Crippen LogP contribution in [-0.2, 0) is 9.59 Å². The van der Waals surface area contributed by atoms with E-state index < -0.39 is 0 Å². The standard InChI is InChI=1S/C19H30N4O2/c1-12(2)5-4-8-21-19(20-3)22-9-10-23-17(24)15-13-6-7-14(11-13)16(15)18(23)25/h6-7,12-16H,4-5,8-11H2,1-3H3,(H2,20,21,22). The Morgan fingerprint density at radius 3 is 2.32 bits per heavy atom. The summed E-state index contributed by atoms with van der Waals surface area (Å²) in [4.78, 5) is 30.9. The van der Waals surface area contributed by atoms with Crippen molar-refractivity contribution < 1.29 is 9.59 Å². The molecule has 1 saturated carbocycles. The fourth-order valence-corrected chi connectivity index (χ4v) is 4.41. The van der Waals surface area contributed by atoms with Crippen molar-refractivity contribution in [3.8, 4) is 0 Å². The van der Waals surface area contributed by atoms with Crippen molar-refractivity contribution in [2.45, 2.75) is 33.1 Å². The Bertz CT molecular complexity index is 554. The predicted octanol–water partition coefficient (Wildman–Crippen LogP) is 1.39. The van der Waals surface area contributed by atoms with Gasteiger partial charge in [-0.15, -0.1) is 0 Å². The van der Waals surface area contributed by atoms with Crippen LogP contribution in [0.3, 0.4) is 0 Å². The van der Waals surface area contributed by atoms with Crippen molar-refractivity contribution >= 4 is 17.8 Å². The number of guanidine groups is 1. The number of nitrogens with one attached hydrogen (secondary N) is 2. The summed E-state index contributed by atoms with van der Waals surface area (Å²) in [5, 5.41) is 6.48. The van der Waals surface area contributed by atoms with Gasteiger partial charge in [0.15, 0.2) is 5.96 Å². The lowest BCUT2D eigenvalue weighted by Crippen LogP contribution is -2.43. The highest BCUT2D eigenvalue weighted by Crippen LogP contribution is 2.52. The van der Waals surface area contributed by atoms with Crippen LogP contribution in [0.25, 0.3) is 0 Å². The van der Waals surface area contributed by atoms with E-state index in [0.717, 1.165) is 25.3 Å². The zero-order valence-corrected chi connectivity index (χ0v) is 15.5. The summed E-state index contributed by atoms with van der Waals surface area (Å²) < 4.78 is 0. The van der Waals surface area contributed by atoms with Crippen LogP contribution in [0, 0.1) is 29.6 Å². The Morgan fingerprint density at radius 2 is 1.76 bits per heavy atom. The molecule has 0 aromatic carbocycles. The zero-order chi connectivity index (χ0) is 18.0. The van der Waals surface area contributed by atoms with Gasteiger partial charge in [0, 0.05) is 26.7 Å². The molecule has 2 amide bonds. The molecule has 138 valence electrons. The third kappa shape index (κ3) is 3.58. The Morgan fingerprint density at radius 1 is 1.16 bits per heavy atom. The molecule has 6 heteroatoms. The van der Waals surface area contributed by atoms with Gasteiger partial charge >= 0.3 is 0 Å². The second kappa shape index (κ2) is 7.58. The molecule has 0 spiro atoms. The number of amides is 2. The maximum absolute atomic E-state index is 12.6. The molecule has 2 fully saturated rings. The van der Waals surface area contributed by atoms with Gasteiger partial charge in [-0.1, -0.05) is 26.0 Å². The van der Waals surface area contributed by atoms with Crippen molar-refractivity contribution in [1.29, 1.82) is 0 Å². The molecule has 4 unspecified atom stereocenters. The summed E-state index contributed by atoms with van der Waals surface area (Å²) in [5.74, 6) is 1.83. The van der Waals surface area contributed by atoms with Crippen LogP contribution >= 0.6 is 0 Å². The third-order valence-corrected chi connectivity index (χ3v) is 5.66. The molecule has 3 aliphatic rings. The van der Waals surface area contributed by atoms with Gasteiger partial charge in [-0.05, 0) is 37.0 Å². The molecule has 2 aliphatic carbocycles. The van der Waals surface area contributed by atoms with Gasteiger partial charge < -0.3 is 10.6 Å². The summed E-state index contributed by atoms with van der Waals surface area (Å²) in [6, 6.07) is 0. The molecule has 1 heterocycles. The Kier molecular flexibility index (Phi) is 5.45. The Hall–Kier alpha value is -1.85. The number of fused-ring (bicyclic) bond motifs is 5. The predicted molar refractivity (Wildman–Crippen MR) is 97.9 cm³/mol. The van der Waals surface area contributed by atoms with Crippen molar-refractivity contribution in [2.24, 2.45) is 34.6 Å². The van der Waals surface area contributed by atoms with E-state index >= 15 is 0 Å². The van der Waals surface area contributed by atoms with Crippen molar-refractivity contribution in [3.63, 3.8) is 0 Å². The van der Waals surface area contributed by atoms with Crippen LogP contribution in [0.15, 0.2) is 17.1 Å². The molecule has 2 N–H and O–H groups in total. The maximum Gasteiger partial charge on any atom is 0.233 e. The highest BCUT2D eigenvalue weighted by atomic mass is 16.2. The lowest BCUT2D eigenvalue weighted by atomic mass is 9.85. The minimum Gasteiger partial charge on any atom is -0.356 e. The van der Waals surface area contributed by atoms with E-state index in [-0.39, 0.29) is 35.5 Å². The molecule has 1 aliphatic heterocycles. The monoisotopic (exact) mass is 346 g/mol. The van der Waals surface area contributed by atoms with E-state index in [1.807, 2.05) is 0 Å². The summed E-state index contributed by atoms with van der Waals surface area (Å²) in [6.07, 6.45) is 7.51. The van der Waals surface area contributed by atoms with Crippen LogP contribution < -0.4 is 10.6 Å². The first-order valence-corrected chi connectivity index (χ1v) is 9.51. The first-order valence-electron chi connectivity index (χ1n) is 9.51. The molecule has 1 saturated heterocycles. The Balaban J connectivity index is 1.43. The first-order chi connectivity index (χ1) is 12.0. The molecule has 25 heavy (non-hydrogen) atoms. The second-order valence-electron chi connectivity index (χ2n) is 7.79. The molecule has 0 aromatic rings. The van der Waals surface area contributed by atoms with Crippen LogP contribution in [0.5, 0.6) is 0 Å². The molecule has 3 rings (SSSR count). The van der Waals surface area contributed by atoms with Crippen molar-refractivity contribution in [2.75, 3.05) is 26.7 Å².